The minimum atomic E-state index is -0.760. The SMILES string of the molecule is COc1cn(-c2ccccc2)nc1C(=O)OCC(=O)Nc1cc(Cl)ccc1C. The van der Waals surface area contributed by atoms with Crippen LogP contribution in [0.25, 0.3) is 5.69 Å². The van der Waals surface area contributed by atoms with Crippen molar-refractivity contribution in [2.24, 2.45) is 0 Å². The van der Waals surface area contributed by atoms with Gasteiger partial charge in [0.15, 0.2) is 12.4 Å². The van der Waals surface area contributed by atoms with Crippen molar-refractivity contribution >= 4 is 29.2 Å². The molecule has 0 aliphatic rings. The molecule has 144 valence electrons. The van der Waals surface area contributed by atoms with Crippen molar-refractivity contribution in [2.45, 2.75) is 6.92 Å². The maximum Gasteiger partial charge on any atom is 0.363 e. The standard InChI is InChI=1S/C20H18ClN3O4/c1-13-8-9-14(21)10-16(13)22-18(25)12-28-20(26)19-17(27-2)11-24(23-19)15-6-4-3-5-7-15/h3-11H,12H2,1-2H3,(H,22,25). The summed E-state index contributed by atoms with van der Waals surface area (Å²) in [6, 6.07) is 14.4. The van der Waals surface area contributed by atoms with Crippen LogP contribution < -0.4 is 10.1 Å². The number of aryl methyl sites for hydroxylation is 1. The lowest BCUT2D eigenvalue weighted by molar-refractivity contribution is -0.119. The van der Waals surface area contributed by atoms with E-state index in [-0.39, 0.29) is 11.4 Å². The normalized spacial score (nSPS) is 10.4. The Balaban J connectivity index is 1.67. The molecular weight excluding hydrogens is 382 g/mol. The fourth-order valence-corrected chi connectivity index (χ4v) is 2.65. The van der Waals surface area contributed by atoms with E-state index >= 15 is 0 Å². The summed E-state index contributed by atoms with van der Waals surface area (Å²) in [7, 11) is 1.43. The van der Waals surface area contributed by atoms with E-state index in [4.69, 9.17) is 21.1 Å². The molecule has 0 fully saturated rings. The Morgan fingerprint density at radius 3 is 2.64 bits per heavy atom. The molecule has 0 atom stereocenters. The molecule has 1 N–H and O–H groups in total. The highest BCUT2D eigenvalue weighted by atomic mass is 35.5. The molecule has 1 amide bonds. The second kappa shape index (κ2) is 8.58. The average molecular weight is 400 g/mol. The van der Waals surface area contributed by atoms with Gasteiger partial charge in [-0.25, -0.2) is 9.48 Å². The Morgan fingerprint density at radius 1 is 1.18 bits per heavy atom. The second-order valence-corrected chi connectivity index (χ2v) is 6.35. The van der Waals surface area contributed by atoms with Gasteiger partial charge in [-0.1, -0.05) is 35.9 Å². The quantitative estimate of drug-likeness (QED) is 0.640. The van der Waals surface area contributed by atoms with Gasteiger partial charge in [-0.15, -0.1) is 0 Å². The fraction of sp³-hybridized carbons (Fsp3) is 0.150. The number of benzene rings is 2. The van der Waals surface area contributed by atoms with Gasteiger partial charge in [0.2, 0.25) is 5.69 Å². The van der Waals surface area contributed by atoms with Gasteiger partial charge < -0.3 is 14.8 Å². The zero-order valence-electron chi connectivity index (χ0n) is 15.3. The number of hydrogen-bond donors (Lipinski definition) is 1. The van der Waals surface area contributed by atoms with Crippen molar-refractivity contribution < 1.29 is 19.1 Å². The number of carbonyl (C=O) groups is 2. The number of anilines is 1. The highest BCUT2D eigenvalue weighted by Crippen LogP contribution is 2.21. The van der Waals surface area contributed by atoms with Crippen molar-refractivity contribution in [3.8, 4) is 11.4 Å². The van der Waals surface area contributed by atoms with Crippen LogP contribution in [-0.4, -0.2) is 35.4 Å². The molecule has 8 heteroatoms. The van der Waals surface area contributed by atoms with Gasteiger partial charge in [0, 0.05) is 10.7 Å². The summed E-state index contributed by atoms with van der Waals surface area (Å²) < 4.78 is 11.8. The summed E-state index contributed by atoms with van der Waals surface area (Å²) in [6.07, 6.45) is 1.57. The number of carbonyl (C=O) groups excluding carboxylic acids is 2. The molecule has 0 aliphatic carbocycles. The lowest BCUT2D eigenvalue weighted by Crippen LogP contribution is -2.21. The van der Waals surface area contributed by atoms with Crippen LogP contribution >= 0.6 is 11.6 Å². The molecule has 0 saturated carbocycles. The smallest absolute Gasteiger partial charge is 0.363 e. The largest absolute Gasteiger partial charge is 0.493 e. The Hall–Kier alpha value is -3.32. The maximum atomic E-state index is 12.4. The Labute approximate surface area is 166 Å². The van der Waals surface area contributed by atoms with Crippen LogP contribution in [0, 0.1) is 6.92 Å². The molecule has 1 heterocycles. The summed E-state index contributed by atoms with van der Waals surface area (Å²) in [5.41, 5.74) is 2.14. The van der Waals surface area contributed by atoms with Gasteiger partial charge >= 0.3 is 5.97 Å². The molecule has 3 rings (SSSR count). The van der Waals surface area contributed by atoms with E-state index in [0.29, 0.717) is 10.7 Å². The van der Waals surface area contributed by atoms with Gasteiger partial charge in [-0.3, -0.25) is 4.79 Å². The van der Waals surface area contributed by atoms with Crippen LogP contribution in [0.2, 0.25) is 5.02 Å². The number of rotatable bonds is 6. The van der Waals surface area contributed by atoms with Gasteiger partial charge in [-0.2, -0.15) is 5.10 Å². The molecule has 0 unspecified atom stereocenters. The van der Waals surface area contributed by atoms with Crippen molar-refractivity contribution in [3.05, 3.63) is 71.0 Å². The average Bonchev–Trinajstić information content (AvgIpc) is 3.14. The predicted octanol–water partition coefficient (Wildman–Crippen LogP) is 3.64. The monoisotopic (exact) mass is 399 g/mol. The van der Waals surface area contributed by atoms with Crippen molar-refractivity contribution in [1.82, 2.24) is 9.78 Å². The minimum absolute atomic E-state index is 0.0157. The molecular formula is C20H18ClN3O4. The highest BCUT2D eigenvalue weighted by Gasteiger charge is 2.21. The molecule has 0 radical (unpaired) electrons. The molecule has 28 heavy (non-hydrogen) atoms. The number of nitrogens with one attached hydrogen (secondary N) is 1. The first-order valence-corrected chi connectivity index (χ1v) is 8.78. The van der Waals surface area contributed by atoms with Crippen LogP contribution in [0.4, 0.5) is 5.69 Å². The van der Waals surface area contributed by atoms with Crippen LogP contribution in [0.1, 0.15) is 16.1 Å². The topological polar surface area (TPSA) is 82.5 Å². The summed E-state index contributed by atoms with van der Waals surface area (Å²) >= 11 is 5.93. The number of hydrogen-bond acceptors (Lipinski definition) is 5. The third-order valence-corrected chi connectivity index (χ3v) is 4.16. The maximum absolute atomic E-state index is 12.4. The molecule has 0 saturated heterocycles. The second-order valence-electron chi connectivity index (χ2n) is 5.91. The Kier molecular flexibility index (Phi) is 5.96. The summed E-state index contributed by atoms with van der Waals surface area (Å²) in [5, 5.41) is 7.36. The predicted molar refractivity (Wildman–Crippen MR) is 105 cm³/mol. The van der Waals surface area contributed by atoms with Gasteiger partial charge in [0.1, 0.15) is 0 Å². The lowest BCUT2D eigenvalue weighted by Gasteiger charge is -2.09. The van der Waals surface area contributed by atoms with Crippen LogP contribution in [-0.2, 0) is 9.53 Å². The Bertz CT molecular complexity index is 1000. The van der Waals surface area contributed by atoms with Crippen molar-refractivity contribution in [2.75, 3.05) is 19.0 Å². The van der Waals surface area contributed by atoms with E-state index in [9.17, 15) is 9.59 Å². The van der Waals surface area contributed by atoms with E-state index in [2.05, 4.69) is 10.4 Å². The van der Waals surface area contributed by atoms with E-state index in [0.717, 1.165) is 11.3 Å². The zero-order valence-corrected chi connectivity index (χ0v) is 16.1. The molecule has 7 nitrogen and oxygen atoms in total. The third kappa shape index (κ3) is 4.50. The number of aromatic nitrogens is 2. The van der Waals surface area contributed by atoms with Crippen molar-refractivity contribution in [3.63, 3.8) is 0 Å². The van der Waals surface area contributed by atoms with Gasteiger partial charge in [0.25, 0.3) is 5.91 Å². The van der Waals surface area contributed by atoms with E-state index in [1.165, 1.54) is 11.8 Å². The summed E-state index contributed by atoms with van der Waals surface area (Å²) in [5.74, 6) is -0.996. The first-order valence-electron chi connectivity index (χ1n) is 8.40. The number of nitrogens with zero attached hydrogens (tertiary/aromatic N) is 2. The molecule has 0 spiro atoms. The van der Waals surface area contributed by atoms with E-state index in [1.54, 1.807) is 24.4 Å². The summed E-state index contributed by atoms with van der Waals surface area (Å²) in [4.78, 5) is 24.5. The number of methoxy groups -OCH3 is 1. The highest BCUT2D eigenvalue weighted by molar-refractivity contribution is 6.31. The van der Waals surface area contributed by atoms with Gasteiger partial charge in [0.05, 0.1) is 19.0 Å². The fourth-order valence-electron chi connectivity index (χ4n) is 2.48. The Morgan fingerprint density at radius 2 is 1.93 bits per heavy atom. The number of halogens is 1. The zero-order chi connectivity index (χ0) is 20.1. The van der Waals surface area contributed by atoms with E-state index in [1.807, 2.05) is 37.3 Å². The first-order chi connectivity index (χ1) is 13.5. The molecule has 0 aliphatic heterocycles. The molecule has 3 aromatic rings. The number of esters is 1. The number of amides is 1. The molecule has 2 aromatic carbocycles. The lowest BCUT2D eigenvalue weighted by atomic mass is 10.2. The minimum Gasteiger partial charge on any atom is -0.493 e. The number of para-hydroxylation sites is 1. The van der Waals surface area contributed by atoms with Gasteiger partial charge in [-0.05, 0) is 36.8 Å². The first kappa shape index (κ1) is 19.4. The van der Waals surface area contributed by atoms with E-state index < -0.39 is 18.5 Å². The molecule has 1 aromatic heterocycles. The van der Waals surface area contributed by atoms with Crippen LogP contribution in [0.3, 0.4) is 0 Å². The number of ether oxygens (including phenoxy) is 2. The third-order valence-electron chi connectivity index (χ3n) is 3.92. The van der Waals surface area contributed by atoms with Crippen molar-refractivity contribution in [1.29, 1.82) is 0 Å². The summed E-state index contributed by atoms with van der Waals surface area (Å²) in [6.45, 7) is 1.37. The van der Waals surface area contributed by atoms with Crippen LogP contribution in [0.15, 0.2) is 54.7 Å². The van der Waals surface area contributed by atoms with Crippen LogP contribution in [0.5, 0.6) is 5.75 Å². The molecule has 0 bridgehead atoms.